The van der Waals surface area contributed by atoms with Crippen LogP contribution in [0.5, 0.6) is 0 Å². The van der Waals surface area contributed by atoms with Crippen molar-refractivity contribution in [2.24, 2.45) is 11.7 Å². The van der Waals surface area contributed by atoms with Crippen molar-refractivity contribution in [3.8, 4) is 0 Å². The van der Waals surface area contributed by atoms with Gasteiger partial charge in [0.2, 0.25) is 0 Å². The molecule has 1 aliphatic rings. The van der Waals surface area contributed by atoms with Crippen molar-refractivity contribution in [3.63, 3.8) is 0 Å². The van der Waals surface area contributed by atoms with Gasteiger partial charge in [-0.1, -0.05) is 30.3 Å². The molecule has 1 fully saturated rings. The van der Waals surface area contributed by atoms with Crippen LogP contribution in [0.25, 0.3) is 0 Å². The average Bonchev–Trinajstić information content (AvgIpc) is 2.29. The molecule has 94 valence electrons. The molecule has 0 saturated carbocycles. The summed E-state index contributed by atoms with van der Waals surface area (Å²) in [5.41, 5.74) is 7.60. The lowest BCUT2D eigenvalue weighted by Crippen LogP contribution is -2.49. The Morgan fingerprint density at radius 1 is 1.29 bits per heavy atom. The third-order valence-electron chi connectivity index (χ3n) is 3.81. The standard InChI is InChI=1S/C15H24N2/c1-15(2,16)14-9-6-10-17(12-14)11-13-7-4-3-5-8-13/h3-5,7-8,14H,6,9-12,16H2,1-2H3. The van der Waals surface area contributed by atoms with E-state index in [4.69, 9.17) is 5.73 Å². The lowest BCUT2D eigenvalue weighted by molar-refractivity contribution is 0.125. The van der Waals surface area contributed by atoms with Crippen LogP contribution in [-0.2, 0) is 6.54 Å². The molecule has 2 N–H and O–H groups in total. The van der Waals surface area contributed by atoms with Crippen molar-refractivity contribution in [2.75, 3.05) is 13.1 Å². The van der Waals surface area contributed by atoms with Gasteiger partial charge in [0, 0.05) is 18.6 Å². The Hall–Kier alpha value is -0.860. The van der Waals surface area contributed by atoms with E-state index in [0.29, 0.717) is 5.92 Å². The lowest BCUT2D eigenvalue weighted by Gasteiger charge is -2.39. The highest BCUT2D eigenvalue weighted by Gasteiger charge is 2.29. The predicted octanol–water partition coefficient (Wildman–Crippen LogP) is 2.64. The van der Waals surface area contributed by atoms with Gasteiger partial charge in [0.25, 0.3) is 0 Å². The number of rotatable bonds is 3. The number of hydrogen-bond acceptors (Lipinski definition) is 2. The fourth-order valence-electron chi connectivity index (χ4n) is 2.65. The summed E-state index contributed by atoms with van der Waals surface area (Å²) in [5.74, 6) is 0.625. The molecule has 0 radical (unpaired) electrons. The second-order valence-electron chi connectivity index (χ2n) is 5.88. The van der Waals surface area contributed by atoms with Gasteiger partial charge in [0.15, 0.2) is 0 Å². The van der Waals surface area contributed by atoms with Gasteiger partial charge >= 0.3 is 0 Å². The maximum absolute atomic E-state index is 6.24. The van der Waals surface area contributed by atoms with Gasteiger partial charge < -0.3 is 5.73 Å². The Balaban J connectivity index is 1.94. The molecule has 1 unspecified atom stereocenters. The SMILES string of the molecule is CC(C)(N)C1CCCN(Cc2ccccc2)C1. The minimum Gasteiger partial charge on any atom is -0.325 e. The van der Waals surface area contributed by atoms with Gasteiger partial charge in [-0.15, -0.1) is 0 Å². The molecule has 1 saturated heterocycles. The first kappa shape index (κ1) is 12.6. The smallest absolute Gasteiger partial charge is 0.0233 e. The van der Waals surface area contributed by atoms with Crippen molar-refractivity contribution < 1.29 is 0 Å². The van der Waals surface area contributed by atoms with Crippen LogP contribution in [-0.4, -0.2) is 23.5 Å². The molecule has 2 heteroatoms. The molecular formula is C15H24N2. The number of likely N-dealkylation sites (tertiary alicyclic amines) is 1. The summed E-state index contributed by atoms with van der Waals surface area (Å²) in [4.78, 5) is 2.54. The van der Waals surface area contributed by atoms with Crippen LogP contribution in [0.4, 0.5) is 0 Å². The van der Waals surface area contributed by atoms with Crippen LogP contribution < -0.4 is 5.73 Å². The van der Waals surface area contributed by atoms with Gasteiger partial charge in [0.05, 0.1) is 0 Å². The molecule has 0 spiro atoms. The summed E-state index contributed by atoms with van der Waals surface area (Å²) in [5, 5.41) is 0. The second kappa shape index (κ2) is 5.19. The molecule has 0 aromatic heterocycles. The van der Waals surface area contributed by atoms with Crippen molar-refractivity contribution in [3.05, 3.63) is 35.9 Å². The Morgan fingerprint density at radius 3 is 2.65 bits per heavy atom. The zero-order chi connectivity index (χ0) is 12.3. The van der Waals surface area contributed by atoms with Crippen LogP contribution in [0.15, 0.2) is 30.3 Å². The van der Waals surface area contributed by atoms with Crippen LogP contribution in [0.2, 0.25) is 0 Å². The summed E-state index contributed by atoms with van der Waals surface area (Å²) in [7, 11) is 0. The largest absolute Gasteiger partial charge is 0.325 e. The monoisotopic (exact) mass is 232 g/mol. The van der Waals surface area contributed by atoms with E-state index in [1.54, 1.807) is 0 Å². The van der Waals surface area contributed by atoms with Gasteiger partial charge in [-0.25, -0.2) is 0 Å². The maximum Gasteiger partial charge on any atom is 0.0233 e. The molecule has 1 aromatic carbocycles. The Kier molecular flexibility index (Phi) is 3.85. The van der Waals surface area contributed by atoms with Crippen LogP contribution >= 0.6 is 0 Å². The topological polar surface area (TPSA) is 29.3 Å². The second-order valence-corrected chi connectivity index (χ2v) is 5.88. The fraction of sp³-hybridized carbons (Fsp3) is 0.600. The molecule has 1 heterocycles. The number of piperidine rings is 1. The number of benzene rings is 1. The van der Waals surface area contributed by atoms with Gasteiger partial charge in [-0.05, 0) is 44.7 Å². The summed E-state index contributed by atoms with van der Waals surface area (Å²) < 4.78 is 0. The van der Waals surface area contributed by atoms with Crippen LogP contribution in [0, 0.1) is 5.92 Å². The van der Waals surface area contributed by atoms with E-state index in [2.05, 4.69) is 49.1 Å². The quantitative estimate of drug-likeness (QED) is 0.868. The number of hydrogen-bond donors (Lipinski definition) is 1. The van der Waals surface area contributed by atoms with Crippen molar-refractivity contribution in [1.82, 2.24) is 4.90 Å². The minimum atomic E-state index is -0.0463. The highest BCUT2D eigenvalue weighted by atomic mass is 15.1. The number of nitrogens with two attached hydrogens (primary N) is 1. The lowest BCUT2D eigenvalue weighted by atomic mass is 9.82. The van der Waals surface area contributed by atoms with E-state index in [1.165, 1.54) is 24.9 Å². The van der Waals surface area contributed by atoms with E-state index < -0.39 is 0 Å². The average molecular weight is 232 g/mol. The predicted molar refractivity (Wildman–Crippen MR) is 72.7 cm³/mol. The molecule has 17 heavy (non-hydrogen) atoms. The maximum atomic E-state index is 6.24. The summed E-state index contributed by atoms with van der Waals surface area (Å²) >= 11 is 0. The first-order valence-electron chi connectivity index (χ1n) is 6.61. The van der Waals surface area contributed by atoms with Crippen molar-refractivity contribution >= 4 is 0 Å². The summed E-state index contributed by atoms with van der Waals surface area (Å²) in [6, 6.07) is 10.7. The molecule has 0 amide bonds. The zero-order valence-electron chi connectivity index (χ0n) is 11.0. The molecule has 1 atom stereocenters. The number of nitrogens with zero attached hydrogens (tertiary/aromatic N) is 1. The van der Waals surface area contributed by atoms with Crippen LogP contribution in [0.3, 0.4) is 0 Å². The van der Waals surface area contributed by atoms with Gasteiger partial charge in [-0.2, -0.15) is 0 Å². The highest BCUT2D eigenvalue weighted by Crippen LogP contribution is 2.25. The Morgan fingerprint density at radius 2 is 2.00 bits per heavy atom. The first-order valence-corrected chi connectivity index (χ1v) is 6.61. The van der Waals surface area contributed by atoms with E-state index >= 15 is 0 Å². The van der Waals surface area contributed by atoms with Crippen molar-refractivity contribution in [1.29, 1.82) is 0 Å². The molecule has 1 aromatic rings. The summed E-state index contributed by atoms with van der Waals surface area (Å²) in [6.45, 7) is 7.72. The first-order chi connectivity index (χ1) is 8.05. The van der Waals surface area contributed by atoms with Crippen molar-refractivity contribution in [2.45, 2.75) is 38.8 Å². The zero-order valence-corrected chi connectivity index (χ0v) is 11.0. The van der Waals surface area contributed by atoms with Gasteiger partial charge in [-0.3, -0.25) is 4.90 Å². The van der Waals surface area contributed by atoms with E-state index in [-0.39, 0.29) is 5.54 Å². The molecule has 0 aliphatic carbocycles. The van der Waals surface area contributed by atoms with E-state index in [0.717, 1.165) is 13.1 Å². The molecule has 0 bridgehead atoms. The highest BCUT2D eigenvalue weighted by molar-refractivity contribution is 5.14. The Labute approximate surface area is 105 Å². The fourth-order valence-corrected chi connectivity index (χ4v) is 2.65. The minimum absolute atomic E-state index is 0.0463. The molecular weight excluding hydrogens is 208 g/mol. The molecule has 2 rings (SSSR count). The van der Waals surface area contributed by atoms with E-state index in [9.17, 15) is 0 Å². The van der Waals surface area contributed by atoms with Crippen LogP contribution in [0.1, 0.15) is 32.3 Å². The molecule has 1 aliphatic heterocycles. The molecule has 2 nitrogen and oxygen atoms in total. The normalized spacial score (nSPS) is 22.6. The van der Waals surface area contributed by atoms with Gasteiger partial charge in [0.1, 0.15) is 0 Å². The Bertz CT molecular complexity index is 340. The third kappa shape index (κ3) is 3.55. The third-order valence-corrected chi connectivity index (χ3v) is 3.81. The van der Waals surface area contributed by atoms with E-state index in [1.807, 2.05) is 0 Å². The summed E-state index contributed by atoms with van der Waals surface area (Å²) in [6.07, 6.45) is 2.55.